The standard InChI is InChI=1S/C9H20N2/c1-3-4-9(10)5-7-11(2)8-6-9/h3-8,10H2,1-2H3. The van der Waals surface area contributed by atoms with Gasteiger partial charge in [0.05, 0.1) is 0 Å². The highest BCUT2D eigenvalue weighted by Gasteiger charge is 2.27. The fraction of sp³-hybridized carbons (Fsp3) is 1.00. The van der Waals surface area contributed by atoms with Gasteiger partial charge in [0.1, 0.15) is 0 Å². The Labute approximate surface area is 69.8 Å². The Balaban J connectivity index is 2.35. The Morgan fingerprint density at radius 3 is 2.36 bits per heavy atom. The maximum atomic E-state index is 6.21. The fourth-order valence-corrected chi connectivity index (χ4v) is 1.81. The van der Waals surface area contributed by atoms with Crippen molar-refractivity contribution in [3.05, 3.63) is 0 Å². The van der Waals surface area contributed by atoms with Gasteiger partial charge in [-0.15, -0.1) is 0 Å². The van der Waals surface area contributed by atoms with Gasteiger partial charge in [0.15, 0.2) is 0 Å². The van der Waals surface area contributed by atoms with E-state index in [2.05, 4.69) is 18.9 Å². The molecule has 2 heteroatoms. The molecule has 1 aliphatic rings. The van der Waals surface area contributed by atoms with Crippen LogP contribution in [0.2, 0.25) is 0 Å². The van der Waals surface area contributed by atoms with Crippen LogP contribution in [-0.4, -0.2) is 30.6 Å². The van der Waals surface area contributed by atoms with Crippen LogP contribution in [0.5, 0.6) is 0 Å². The predicted octanol–water partition coefficient (Wildman–Crippen LogP) is 1.21. The second kappa shape index (κ2) is 3.55. The van der Waals surface area contributed by atoms with Crippen LogP contribution in [-0.2, 0) is 0 Å². The molecule has 0 bridgehead atoms. The molecule has 0 atom stereocenters. The van der Waals surface area contributed by atoms with E-state index >= 15 is 0 Å². The highest BCUT2D eigenvalue weighted by molar-refractivity contribution is 4.88. The second-order valence-electron chi connectivity index (χ2n) is 3.92. The summed E-state index contributed by atoms with van der Waals surface area (Å²) in [5.41, 5.74) is 6.37. The normalized spacial score (nSPS) is 25.4. The van der Waals surface area contributed by atoms with Gasteiger partial charge in [-0.1, -0.05) is 13.3 Å². The van der Waals surface area contributed by atoms with Crippen molar-refractivity contribution in [1.29, 1.82) is 0 Å². The third kappa shape index (κ3) is 2.46. The Bertz CT molecular complexity index is 115. The third-order valence-electron chi connectivity index (χ3n) is 2.73. The summed E-state index contributed by atoms with van der Waals surface area (Å²) in [6.45, 7) is 4.57. The molecule has 0 aromatic heterocycles. The minimum atomic E-state index is 0.168. The van der Waals surface area contributed by atoms with Crippen molar-refractivity contribution in [1.82, 2.24) is 4.90 Å². The van der Waals surface area contributed by atoms with Crippen LogP contribution in [0, 0.1) is 0 Å². The topological polar surface area (TPSA) is 29.3 Å². The summed E-state index contributed by atoms with van der Waals surface area (Å²) in [4.78, 5) is 2.36. The number of nitrogens with zero attached hydrogens (tertiary/aromatic N) is 1. The van der Waals surface area contributed by atoms with E-state index in [1.54, 1.807) is 0 Å². The Morgan fingerprint density at radius 1 is 1.36 bits per heavy atom. The second-order valence-corrected chi connectivity index (χ2v) is 3.92. The van der Waals surface area contributed by atoms with Gasteiger partial charge in [0.25, 0.3) is 0 Å². The lowest BCUT2D eigenvalue weighted by molar-refractivity contribution is 0.181. The summed E-state index contributed by atoms with van der Waals surface area (Å²) in [6, 6.07) is 0. The number of hydrogen-bond acceptors (Lipinski definition) is 2. The van der Waals surface area contributed by atoms with Crippen molar-refractivity contribution in [2.45, 2.75) is 38.1 Å². The van der Waals surface area contributed by atoms with Gasteiger partial charge in [-0.2, -0.15) is 0 Å². The van der Waals surface area contributed by atoms with Crippen LogP contribution < -0.4 is 5.73 Å². The zero-order chi connectivity index (χ0) is 8.32. The fourth-order valence-electron chi connectivity index (χ4n) is 1.81. The van der Waals surface area contributed by atoms with Gasteiger partial charge >= 0.3 is 0 Å². The van der Waals surface area contributed by atoms with Crippen molar-refractivity contribution >= 4 is 0 Å². The summed E-state index contributed by atoms with van der Waals surface area (Å²) < 4.78 is 0. The summed E-state index contributed by atoms with van der Waals surface area (Å²) in [6.07, 6.45) is 4.77. The van der Waals surface area contributed by atoms with E-state index in [1.165, 1.54) is 38.8 Å². The minimum absolute atomic E-state index is 0.168. The first kappa shape index (κ1) is 9.01. The van der Waals surface area contributed by atoms with Crippen molar-refractivity contribution < 1.29 is 0 Å². The lowest BCUT2D eigenvalue weighted by atomic mass is 9.85. The molecule has 2 nitrogen and oxygen atoms in total. The summed E-state index contributed by atoms with van der Waals surface area (Å²) in [5, 5.41) is 0. The highest BCUT2D eigenvalue weighted by atomic mass is 15.1. The van der Waals surface area contributed by atoms with Crippen molar-refractivity contribution in [2.24, 2.45) is 5.73 Å². The van der Waals surface area contributed by atoms with Crippen molar-refractivity contribution in [2.75, 3.05) is 20.1 Å². The van der Waals surface area contributed by atoms with Crippen LogP contribution >= 0.6 is 0 Å². The molecule has 1 fully saturated rings. The number of piperidine rings is 1. The van der Waals surface area contributed by atoms with Gasteiger partial charge in [0, 0.05) is 5.54 Å². The number of likely N-dealkylation sites (tertiary alicyclic amines) is 1. The van der Waals surface area contributed by atoms with Crippen LogP contribution in [0.1, 0.15) is 32.6 Å². The molecule has 1 rings (SSSR count). The zero-order valence-corrected chi connectivity index (χ0v) is 7.77. The lowest BCUT2D eigenvalue weighted by Crippen LogP contribution is -2.49. The Morgan fingerprint density at radius 2 is 1.91 bits per heavy atom. The average molecular weight is 156 g/mol. The molecular weight excluding hydrogens is 136 g/mol. The Kier molecular flexibility index (Phi) is 2.90. The lowest BCUT2D eigenvalue weighted by Gasteiger charge is -2.37. The quantitative estimate of drug-likeness (QED) is 0.651. The van der Waals surface area contributed by atoms with Crippen LogP contribution in [0.15, 0.2) is 0 Å². The van der Waals surface area contributed by atoms with Gasteiger partial charge in [0.2, 0.25) is 0 Å². The molecule has 0 aliphatic carbocycles. The number of hydrogen-bond donors (Lipinski definition) is 1. The molecule has 0 unspecified atom stereocenters. The number of nitrogens with two attached hydrogens (primary N) is 1. The van der Waals surface area contributed by atoms with Gasteiger partial charge in [-0.05, 0) is 39.4 Å². The molecule has 1 aliphatic heterocycles. The van der Waals surface area contributed by atoms with E-state index < -0.39 is 0 Å². The summed E-state index contributed by atoms with van der Waals surface area (Å²) >= 11 is 0. The zero-order valence-electron chi connectivity index (χ0n) is 7.77. The van der Waals surface area contributed by atoms with Gasteiger partial charge in [-0.25, -0.2) is 0 Å². The molecule has 1 saturated heterocycles. The highest BCUT2D eigenvalue weighted by Crippen LogP contribution is 2.23. The van der Waals surface area contributed by atoms with E-state index in [0.29, 0.717) is 0 Å². The molecule has 0 aromatic carbocycles. The first-order valence-corrected chi connectivity index (χ1v) is 4.64. The minimum Gasteiger partial charge on any atom is -0.325 e. The maximum absolute atomic E-state index is 6.21. The van der Waals surface area contributed by atoms with Crippen molar-refractivity contribution in [3.8, 4) is 0 Å². The van der Waals surface area contributed by atoms with E-state index in [-0.39, 0.29) is 5.54 Å². The first-order valence-electron chi connectivity index (χ1n) is 4.64. The van der Waals surface area contributed by atoms with E-state index in [9.17, 15) is 0 Å². The van der Waals surface area contributed by atoms with Crippen molar-refractivity contribution in [3.63, 3.8) is 0 Å². The molecular formula is C9H20N2. The molecule has 0 aromatic rings. The van der Waals surface area contributed by atoms with Gasteiger partial charge < -0.3 is 10.6 Å². The first-order chi connectivity index (χ1) is 5.16. The van der Waals surface area contributed by atoms with Gasteiger partial charge in [-0.3, -0.25) is 0 Å². The Hall–Kier alpha value is -0.0800. The number of rotatable bonds is 2. The maximum Gasteiger partial charge on any atom is 0.0178 e. The molecule has 0 saturated carbocycles. The smallest absolute Gasteiger partial charge is 0.0178 e. The monoisotopic (exact) mass is 156 g/mol. The van der Waals surface area contributed by atoms with E-state index in [0.717, 1.165) is 0 Å². The largest absolute Gasteiger partial charge is 0.325 e. The molecule has 0 amide bonds. The van der Waals surface area contributed by atoms with E-state index in [1.807, 2.05) is 0 Å². The average Bonchev–Trinajstić information content (AvgIpc) is 1.97. The van der Waals surface area contributed by atoms with Crippen LogP contribution in [0.4, 0.5) is 0 Å². The third-order valence-corrected chi connectivity index (χ3v) is 2.73. The molecule has 1 heterocycles. The molecule has 11 heavy (non-hydrogen) atoms. The van der Waals surface area contributed by atoms with Crippen LogP contribution in [0.3, 0.4) is 0 Å². The molecule has 2 N–H and O–H groups in total. The van der Waals surface area contributed by atoms with Crippen LogP contribution in [0.25, 0.3) is 0 Å². The molecule has 66 valence electrons. The molecule has 0 radical (unpaired) electrons. The SMILES string of the molecule is CCCC1(N)CCN(C)CC1. The predicted molar refractivity (Wildman–Crippen MR) is 48.6 cm³/mol. The van der Waals surface area contributed by atoms with E-state index in [4.69, 9.17) is 5.73 Å². The molecule has 0 spiro atoms. The summed E-state index contributed by atoms with van der Waals surface area (Å²) in [5.74, 6) is 0. The summed E-state index contributed by atoms with van der Waals surface area (Å²) in [7, 11) is 2.17.